The van der Waals surface area contributed by atoms with Crippen molar-refractivity contribution >= 4 is 23.9 Å². The molecule has 13 heteroatoms. The predicted octanol–water partition coefficient (Wildman–Crippen LogP) is 0.00750. The minimum Gasteiger partial charge on any atom is -0.452 e. The van der Waals surface area contributed by atoms with Crippen LogP contribution in [-0.4, -0.2) is 64.8 Å². The number of aromatic nitrogens is 2. The molecule has 0 spiro atoms. The molecule has 168 valence electrons. The maximum absolute atomic E-state index is 12.7. The summed E-state index contributed by atoms with van der Waals surface area (Å²) in [5.41, 5.74) is 1.28. The molecule has 3 heterocycles. The van der Waals surface area contributed by atoms with E-state index in [0.717, 1.165) is 11.7 Å². The second kappa shape index (κ2) is 8.64. The summed E-state index contributed by atoms with van der Waals surface area (Å²) in [6.45, 7) is -0.571. The van der Waals surface area contributed by atoms with Crippen LogP contribution < -0.4 is 11.2 Å². The van der Waals surface area contributed by atoms with Gasteiger partial charge in [-0.05, 0) is 12.1 Å². The highest BCUT2D eigenvalue weighted by molar-refractivity contribution is 6.03. The summed E-state index contributed by atoms with van der Waals surface area (Å²) < 4.78 is 22.0. The number of nitrogens with one attached hydrogen (secondary N) is 1. The number of hydrogen-bond acceptors (Lipinski definition) is 12. The SMILES string of the molecule is COC(=O)ONc1ccn([C@@H]2O[C@H](CO)[C@H]3OC(=O)c4ccccc4C(=O)O[C@H]32)c(=O)n1. The van der Waals surface area contributed by atoms with E-state index in [1.54, 1.807) is 12.1 Å². The lowest BCUT2D eigenvalue weighted by atomic mass is 10.0. The maximum Gasteiger partial charge on any atom is 0.532 e. The van der Waals surface area contributed by atoms with E-state index in [0.29, 0.717) is 0 Å². The number of nitrogens with zero attached hydrogens (tertiary/aromatic N) is 2. The fraction of sp³-hybridized carbons (Fsp3) is 0.316. The van der Waals surface area contributed by atoms with E-state index in [1.807, 2.05) is 0 Å². The number of aliphatic hydroxyl groups excluding tert-OH is 1. The van der Waals surface area contributed by atoms with Gasteiger partial charge >= 0.3 is 23.8 Å². The highest BCUT2D eigenvalue weighted by Gasteiger charge is 2.52. The van der Waals surface area contributed by atoms with Gasteiger partial charge in [0.1, 0.15) is 6.10 Å². The van der Waals surface area contributed by atoms with E-state index in [-0.39, 0.29) is 16.9 Å². The Morgan fingerprint density at radius 2 is 1.78 bits per heavy atom. The lowest BCUT2D eigenvalue weighted by molar-refractivity contribution is -0.0602. The topological polar surface area (TPSA) is 165 Å². The van der Waals surface area contributed by atoms with Gasteiger partial charge in [-0.3, -0.25) is 4.57 Å². The van der Waals surface area contributed by atoms with Crippen molar-refractivity contribution in [1.82, 2.24) is 9.55 Å². The highest BCUT2D eigenvalue weighted by atomic mass is 16.8. The Labute approximate surface area is 179 Å². The summed E-state index contributed by atoms with van der Waals surface area (Å²) >= 11 is 0. The predicted molar refractivity (Wildman–Crippen MR) is 101 cm³/mol. The van der Waals surface area contributed by atoms with Crippen molar-refractivity contribution in [3.63, 3.8) is 0 Å². The molecule has 1 aromatic carbocycles. The van der Waals surface area contributed by atoms with E-state index >= 15 is 0 Å². The zero-order valence-corrected chi connectivity index (χ0v) is 16.5. The lowest BCUT2D eigenvalue weighted by Gasteiger charge is -2.27. The second-order valence-corrected chi connectivity index (χ2v) is 6.69. The van der Waals surface area contributed by atoms with Gasteiger partial charge in [-0.15, -0.1) is 0 Å². The number of aliphatic hydroxyl groups is 1. The molecule has 0 unspecified atom stereocenters. The van der Waals surface area contributed by atoms with E-state index in [4.69, 9.17) is 14.2 Å². The highest BCUT2D eigenvalue weighted by Crippen LogP contribution is 2.35. The van der Waals surface area contributed by atoms with Gasteiger partial charge < -0.3 is 28.9 Å². The minimum atomic E-state index is -1.25. The fourth-order valence-corrected chi connectivity index (χ4v) is 3.36. The molecule has 2 N–H and O–H groups in total. The number of anilines is 1. The molecule has 0 saturated carbocycles. The molecule has 2 aromatic rings. The van der Waals surface area contributed by atoms with Gasteiger partial charge in [0, 0.05) is 12.3 Å². The first-order chi connectivity index (χ1) is 15.4. The Kier molecular flexibility index (Phi) is 5.75. The van der Waals surface area contributed by atoms with Crippen molar-refractivity contribution in [2.45, 2.75) is 24.5 Å². The third kappa shape index (κ3) is 3.86. The fourth-order valence-electron chi connectivity index (χ4n) is 3.36. The van der Waals surface area contributed by atoms with Gasteiger partial charge in [0.2, 0.25) is 0 Å². The summed E-state index contributed by atoms with van der Waals surface area (Å²) in [5, 5.41) is 9.71. The van der Waals surface area contributed by atoms with Crippen molar-refractivity contribution in [3.8, 4) is 0 Å². The first-order valence-corrected chi connectivity index (χ1v) is 9.30. The first kappa shape index (κ1) is 21.3. The summed E-state index contributed by atoms with van der Waals surface area (Å²) in [6.07, 6.45) is -4.56. The van der Waals surface area contributed by atoms with Crippen LogP contribution in [0, 0.1) is 0 Å². The van der Waals surface area contributed by atoms with E-state index in [1.165, 1.54) is 24.4 Å². The largest absolute Gasteiger partial charge is 0.532 e. The molecule has 2 aliphatic rings. The van der Waals surface area contributed by atoms with Gasteiger partial charge in [-0.2, -0.15) is 10.5 Å². The van der Waals surface area contributed by atoms with E-state index in [2.05, 4.69) is 20.0 Å². The molecule has 0 aliphatic carbocycles. The van der Waals surface area contributed by atoms with Crippen molar-refractivity contribution < 1.29 is 43.3 Å². The number of esters is 2. The van der Waals surface area contributed by atoms with Crippen LogP contribution in [0.2, 0.25) is 0 Å². The molecule has 0 amide bonds. The standard InChI is InChI=1S/C19H17N3O10/c1-28-19(27)32-21-12-6-7-22(18(26)20-12)15-14-13(11(8-23)29-15)30-16(24)9-4-2-3-5-10(9)17(25)31-14/h2-7,11,13-15,23H,8H2,1H3,(H,20,21,26)/t11-,13-,14-,15-/m1/s1. The Bertz CT molecular complexity index is 1120. The van der Waals surface area contributed by atoms with Gasteiger partial charge in [0.05, 0.1) is 24.8 Å². The molecule has 32 heavy (non-hydrogen) atoms. The second-order valence-electron chi connectivity index (χ2n) is 6.69. The zero-order chi connectivity index (χ0) is 22.8. The number of rotatable bonds is 4. The summed E-state index contributed by atoms with van der Waals surface area (Å²) in [6, 6.07) is 7.22. The average molecular weight is 447 g/mol. The first-order valence-electron chi connectivity index (χ1n) is 9.30. The lowest BCUT2D eigenvalue weighted by Crippen LogP contribution is -2.43. The molecule has 4 rings (SSSR count). The van der Waals surface area contributed by atoms with Crippen LogP contribution in [0.25, 0.3) is 0 Å². The Hall–Kier alpha value is -3.97. The third-order valence-corrected chi connectivity index (χ3v) is 4.83. The number of hydrogen-bond donors (Lipinski definition) is 2. The average Bonchev–Trinajstić information content (AvgIpc) is 3.12. The Morgan fingerprint density at radius 3 is 2.38 bits per heavy atom. The van der Waals surface area contributed by atoms with Crippen molar-refractivity contribution in [2.75, 3.05) is 19.2 Å². The number of ether oxygens (including phenoxy) is 4. The molecule has 0 bridgehead atoms. The Morgan fingerprint density at radius 1 is 1.12 bits per heavy atom. The van der Waals surface area contributed by atoms with Crippen molar-refractivity contribution in [2.24, 2.45) is 0 Å². The summed E-state index contributed by atoms with van der Waals surface area (Å²) in [5.74, 6) is -1.72. The Balaban J connectivity index is 1.65. The third-order valence-electron chi connectivity index (χ3n) is 4.83. The normalized spacial score (nSPS) is 24.2. The van der Waals surface area contributed by atoms with Crippen LogP contribution in [0.15, 0.2) is 41.3 Å². The van der Waals surface area contributed by atoms with Crippen molar-refractivity contribution in [3.05, 3.63) is 58.1 Å². The van der Waals surface area contributed by atoms with Crippen LogP contribution >= 0.6 is 0 Å². The van der Waals surface area contributed by atoms with Crippen LogP contribution in [0.5, 0.6) is 0 Å². The molecule has 1 fully saturated rings. The molecular weight excluding hydrogens is 430 g/mol. The molecule has 2 aliphatic heterocycles. The summed E-state index contributed by atoms with van der Waals surface area (Å²) in [7, 11) is 1.10. The van der Waals surface area contributed by atoms with Gasteiger partial charge in [-0.1, -0.05) is 12.1 Å². The molecule has 4 atom stereocenters. The number of carbonyl (C=O) groups is 3. The zero-order valence-electron chi connectivity index (χ0n) is 16.5. The van der Waals surface area contributed by atoms with Gasteiger partial charge in [-0.25, -0.2) is 19.2 Å². The number of benzene rings is 1. The van der Waals surface area contributed by atoms with E-state index in [9.17, 15) is 24.3 Å². The van der Waals surface area contributed by atoms with Crippen LogP contribution in [0.1, 0.15) is 26.9 Å². The van der Waals surface area contributed by atoms with Gasteiger partial charge in [0.15, 0.2) is 24.3 Å². The number of carbonyl (C=O) groups excluding carboxylic acids is 3. The number of fused-ring (bicyclic) bond motifs is 2. The molecule has 1 aromatic heterocycles. The van der Waals surface area contributed by atoms with Crippen LogP contribution in [-0.2, 0) is 23.8 Å². The molecular formula is C19H17N3O10. The minimum absolute atomic E-state index is 0.00729. The monoisotopic (exact) mass is 447 g/mol. The number of methoxy groups -OCH3 is 1. The van der Waals surface area contributed by atoms with Crippen LogP contribution in [0.3, 0.4) is 0 Å². The van der Waals surface area contributed by atoms with Gasteiger partial charge in [0.25, 0.3) is 0 Å². The molecule has 1 saturated heterocycles. The maximum atomic E-state index is 12.7. The summed E-state index contributed by atoms with van der Waals surface area (Å²) in [4.78, 5) is 57.1. The molecule has 13 nitrogen and oxygen atoms in total. The van der Waals surface area contributed by atoms with E-state index < -0.39 is 54.9 Å². The molecule has 0 radical (unpaired) electrons. The van der Waals surface area contributed by atoms with Crippen molar-refractivity contribution in [1.29, 1.82) is 0 Å². The van der Waals surface area contributed by atoms with Crippen LogP contribution in [0.4, 0.5) is 10.6 Å². The smallest absolute Gasteiger partial charge is 0.452 e. The quantitative estimate of drug-likeness (QED) is 0.367.